The third-order valence-electron chi connectivity index (χ3n) is 4.17. The molecule has 0 aromatic heterocycles. The lowest BCUT2D eigenvalue weighted by Crippen LogP contribution is -2.42. The summed E-state index contributed by atoms with van der Waals surface area (Å²) in [5, 5.41) is 3.09. The average Bonchev–Trinajstić information content (AvgIpc) is 3.09. The number of benzene rings is 1. The van der Waals surface area contributed by atoms with Gasteiger partial charge >= 0.3 is 0 Å². The van der Waals surface area contributed by atoms with Crippen molar-refractivity contribution in [2.75, 3.05) is 26.7 Å². The molecule has 0 saturated carbocycles. The highest BCUT2D eigenvalue weighted by Crippen LogP contribution is 2.22. The van der Waals surface area contributed by atoms with Gasteiger partial charge in [-0.15, -0.1) is 12.4 Å². The molecule has 1 unspecified atom stereocenters. The SMILES string of the molecule is CNCC1CCCN1C(=O)CN=C1NS(=O)(=O)c2ccccc21.Cl. The van der Waals surface area contributed by atoms with Gasteiger partial charge in [-0.25, -0.2) is 8.42 Å². The van der Waals surface area contributed by atoms with Crippen LogP contribution in [0.2, 0.25) is 0 Å². The van der Waals surface area contributed by atoms with Crippen molar-refractivity contribution in [1.29, 1.82) is 0 Å². The second-order valence-corrected chi connectivity index (χ2v) is 7.36. The van der Waals surface area contributed by atoms with Crippen LogP contribution in [0.5, 0.6) is 0 Å². The van der Waals surface area contributed by atoms with Gasteiger partial charge in [0.2, 0.25) is 5.91 Å². The number of sulfonamides is 1. The van der Waals surface area contributed by atoms with Gasteiger partial charge in [0.05, 0.1) is 4.90 Å². The number of hydrogen-bond acceptors (Lipinski definition) is 5. The first-order valence-corrected chi connectivity index (χ1v) is 9.12. The Labute approximate surface area is 148 Å². The monoisotopic (exact) mass is 372 g/mol. The molecule has 1 aromatic carbocycles. The van der Waals surface area contributed by atoms with E-state index in [0.29, 0.717) is 5.56 Å². The molecule has 2 N–H and O–H groups in total. The first kappa shape index (κ1) is 18.7. The van der Waals surface area contributed by atoms with E-state index in [2.05, 4.69) is 15.0 Å². The van der Waals surface area contributed by atoms with Gasteiger partial charge in [-0.1, -0.05) is 12.1 Å². The zero-order valence-electron chi connectivity index (χ0n) is 13.4. The van der Waals surface area contributed by atoms with Crippen molar-refractivity contribution >= 4 is 34.2 Å². The number of carbonyl (C=O) groups excluding carboxylic acids is 1. The number of rotatable bonds is 4. The summed E-state index contributed by atoms with van der Waals surface area (Å²) in [6, 6.07) is 6.84. The number of amidine groups is 1. The van der Waals surface area contributed by atoms with E-state index in [1.807, 2.05) is 11.9 Å². The van der Waals surface area contributed by atoms with Crippen LogP contribution in [0.3, 0.4) is 0 Å². The van der Waals surface area contributed by atoms with Crippen LogP contribution in [0.4, 0.5) is 0 Å². The van der Waals surface area contributed by atoms with Gasteiger partial charge in [-0.2, -0.15) is 0 Å². The van der Waals surface area contributed by atoms with E-state index in [-0.39, 0.29) is 41.6 Å². The minimum Gasteiger partial charge on any atom is -0.337 e. The Hall–Kier alpha value is -1.64. The summed E-state index contributed by atoms with van der Waals surface area (Å²) in [6.45, 7) is 1.45. The Morgan fingerprint density at radius 3 is 2.92 bits per heavy atom. The number of hydrogen-bond donors (Lipinski definition) is 2. The zero-order chi connectivity index (χ0) is 16.4. The van der Waals surface area contributed by atoms with Crippen LogP contribution in [-0.4, -0.2) is 57.8 Å². The van der Waals surface area contributed by atoms with Gasteiger partial charge in [0.15, 0.2) is 0 Å². The summed E-state index contributed by atoms with van der Waals surface area (Å²) < 4.78 is 26.4. The highest BCUT2D eigenvalue weighted by atomic mass is 35.5. The predicted molar refractivity (Wildman–Crippen MR) is 94.1 cm³/mol. The summed E-state index contributed by atoms with van der Waals surface area (Å²) in [6.07, 6.45) is 1.97. The molecule has 24 heavy (non-hydrogen) atoms. The summed E-state index contributed by atoms with van der Waals surface area (Å²) in [7, 11) is -1.69. The second kappa shape index (κ2) is 7.50. The van der Waals surface area contributed by atoms with Crippen molar-refractivity contribution in [3.05, 3.63) is 29.8 Å². The van der Waals surface area contributed by atoms with Gasteiger partial charge in [0.1, 0.15) is 12.4 Å². The fourth-order valence-electron chi connectivity index (χ4n) is 3.10. The van der Waals surface area contributed by atoms with Crippen molar-refractivity contribution < 1.29 is 13.2 Å². The maximum absolute atomic E-state index is 12.4. The number of nitrogens with one attached hydrogen (secondary N) is 2. The lowest BCUT2D eigenvalue weighted by molar-refractivity contribution is -0.130. The van der Waals surface area contributed by atoms with E-state index in [1.165, 1.54) is 6.07 Å². The molecule has 2 heterocycles. The molecule has 2 aliphatic heterocycles. The highest BCUT2D eigenvalue weighted by molar-refractivity contribution is 7.90. The minimum absolute atomic E-state index is 0. The molecule has 2 aliphatic rings. The van der Waals surface area contributed by atoms with Crippen molar-refractivity contribution in [1.82, 2.24) is 14.9 Å². The molecule has 3 rings (SSSR count). The fourth-order valence-corrected chi connectivity index (χ4v) is 4.35. The Balaban J connectivity index is 0.00000208. The molecule has 0 radical (unpaired) electrons. The van der Waals surface area contributed by atoms with Gasteiger partial charge < -0.3 is 10.2 Å². The van der Waals surface area contributed by atoms with E-state index >= 15 is 0 Å². The maximum Gasteiger partial charge on any atom is 0.263 e. The topological polar surface area (TPSA) is 90.9 Å². The van der Waals surface area contributed by atoms with Gasteiger partial charge in [-0.3, -0.25) is 14.5 Å². The number of nitrogens with zero attached hydrogens (tertiary/aromatic N) is 2. The Kier molecular flexibility index (Phi) is 5.84. The average molecular weight is 373 g/mol. The standard InChI is InChI=1S/C15H20N4O3S.ClH/c1-16-9-11-5-4-8-19(11)14(20)10-17-15-12-6-2-3-7-13(12)23(21,22)18-15;/h2-3,6-7,11,16H,4-5,8-10H2,1H3,(H,17,18);1H. The molecule has 1 fully saturated rings. The molecule has 1 amide bonds. The normalized spacial score (nSPS) is 22.8. The number of carbonyl (C=O) groups is 1. The van der Waals surface area contributed by atoms with E-state index in [9.17, 15) is 13.2 Å². The maximum atomic E-state index is 12.4. The molecule has 1 saturated heterocycles. The van der Waals surface area contributed by atoms with Crippen LogP contribution >= 0.6 is 12.4 Å². The van der Waals surface area contributed by atoms with Crippen molar-refractivity contribution in [2.24, 2.45) is 4.99 Å². The molecular formula is C15H21ClN4O3S. The van der Waals surface area contributed by atoms with E-state index < -0.39 is 10.0 Å². The van der Waals surface area contributed by atoms with Crippen LogP contribution in [0.15, 0.2) is 34.2 Å². The van der Waals surface area contributed by atoms with Crippen LogP contribution in [0.1, 0.15) is 18.4 Å². The number of fused-ring (bicyclic) bond motifs is 1. The minimum atomic E-state index is -3.56. The van der Waals surface area contributed by atoms with Crippen LogP contribution < -0.4 is 10.0 Å². The Morgan fingerprint density at radius 2 is 2.17 bits per heavy atom. The molecule has 0 aliphatic carbocycles. The molecular weight excluding hydrogens is 352 g/mol. The first-order chi connectivity index (χ1) is 11.0. The Morgan fingerprint density at radius 1 is 1.42 bits per heavy atom. The van der Waals surface area contributed by atoms with Crippen molar-refractivity contribution in [3.8, 4) is 0 Å². The third-order valence-corrected chi connectivity index (χ3v) is 5.57. The summed E-state index contributed by atoms with van der Waals surface area (Å²) in [5.41, 5.74) is 0.522. The van der Waals surface area contributed by atoms with Gasteiger partial charge in [-0.05, 0) is 32.0 Å². The first-order valence-electron chi connectivity index (χ1n) is 7.63. The van der Waals surface area contributed by atoms with Gasteiger partial charge in [0, 0.05) is 24.7 Å². The summed E-state index contributed by atoms with van der Waals surface area (Å²) in [5.74, 6) is 0.178. The van der Waals surface area contributed by atoms with E-state index in [4.69, 9.17) is 0 Å². The second-order valence-electron chi connectivity index (χ2n) is 5.71. The molecule has 7 nitrogen and oxygen atoms in total. The fraction of sp³-hybridized carbons (Fsp3) is 0.467. The zero-order valence-corrected chi connectivity index (χ0v) is 15.0. The van der Waals surface area contributed by atoms with Crippen LogP contribution in [0, 0.1) is 0 Å². The molecule has 132 valence electrons. The highest BCUT2D eigenvalue weighted by Gasteiger charge is 2.31. The summed E-state index contributed by atoms with van der Waals surface area (Å²) in [4.78, 5) is 18.6. The van der Waals surface area contributed by atoms with Crippen molar-refractivity contribution in [3.63, 3.8) is 0 Å². The lowest BCUT2D eigenvalue weighted by Gasteiger charge is -2.23. The molecule has 1 aromatic rings. The molecule has 0 spiro atoms. The quantitative estimate of drug-likeness (QED) is 0.798. The number of amides is 1. The van der Waals surface area contributed by atoms with Crippen molar-refractivity contribution in [2.45, 2.75) is 23.8 Å². The van der Waals surface area contributed by atoms with E-state index in [1.54, 1.807) is 18.2 Å². The number of likely N-dealkylation sites (tertiary alicyclic amines) is 1. The molecule has 0 bridgehead atoms. The number of halogens is 1. The smallest absolute Gasteiger partial charge is 0.263 e. The number of aliphatic imine (C=N–C) groups is 1. The third kappa shape index (κ3) is 3.55. The molecule has 9 heteroatoms. The van der Waals surface area contributed by atoms with Gasteiger partial charge in [0.25, 0.3) is 10.0 Å². The van der Waals surface area contributed by atoms with Crippen LogP contribution in [-0.2, 0) is 14.8 Å². The molecule has 1 atom stereocenters. The van der Waals surface area contributed by atoms with E-state index in [0.717, 1.165) is 25.9 Å². The van der Waals surface area contributed by atoms with Crippen LogP contribution in [0.25, 0.3) is 0 Å². The largest absolute Gasteiger partial charge is 0.337 e. The lowest BCUT2D eigenvalue weighted by atomic mass is 10.2. The summed E-state index contributed by atoms with van der Waals surface area (Å²) >= 11 is 0. The number of likely N-dealkylation sites (N-methyl/N-ethyl adjacent to an activating group) is 1. The Bertz CT molecular complexity index is 751. The predicted octanol–water partition coefficient (Wildman–Crippen LogP) is 0.357.